The first-order chi connectivity index (χ1) is 10.6. The zero-order valence-electron chi connectivity index (χ0n) is 11.5. The summed E-state index contributed by atoms with van der Waals surface area (Å²) in [6, 6.07) is -0.541. The van der Waals surface area contributed by atoms with Crippen molar-refractivity contribution in [1.29, 1.82) is 0 Å². The first-order valence-corrected chi connectivity index (χ1v) is 7.61. The van der Waals surface area contributed by atoms with Gasteiger partial charge in [0.1, 0.15) is 17.9 Å². The van der Waals surface area contributed by atoms with Crippen LogP contribution in [0.4, 0.5) is 0 Å². The second kappa shape index (κ2) is 4.68. The van der Waals surface area contributed by atoms with E-state index in [4.69, 9.17) is 4.74 Å². The number of rotatable bonds is 4. The van der Waals surface area contributed by atoms with Crippen LogP contribution in [0.25, 0.3) is 0 Å². The van der Waals surface area contributed by atoms with Gasteiger partial charge in [0.2, 0.25) is 11.1 Å². The van der Waals surface area contributed by atoms with E-state index in [0.717, 1.165) is 0 Å². The summed E-state index contributed by atoms with van der Waals surface area (Å²) in [5, 5.41) is 24.1. The number of nitrogens with zero attached hydrogens (tertiary/aromatic N) is 5. The van der Waals surface area contributed by atoms with Gasteiger partial charge in [0, 0.05) is 13.6 Å². The van der Waals surface area contributed by atoms with Crippen LogP contribution in [0.3, 0.4) is 0 Å². The molecule has 2 fully saturated rings. The predicted octanol–water partition coefficient (Wildman–Crippen LogP) is -1.82. The minimum absolute atomic E-state index is 0.0752. The van der Waals surface area contributed by atoms with E-state index in [-0.39, 0.29) is 41.3 Å². The molecule has 4 heterocycles. The van der Waals surface area contributed by atoms with E-state index in [2.05, 4.69) is 20.8 Å². The molecule has 1 aromatic heterocycles. The third-order valence-electron chi connectivity index (χ3n) is 3.98. The lowest BCUT2D eigenvalue weighted by Crippen LogP contribution is -2.69. The van der Waals surface area contributed by atoms with Crippen LogP contribution in [0, 0.1) is 0 Å². The number of carbonyl (C=O) groups is 2. The summed E-state index contributed by atoms with van der Waals surface area (Å²) in [5.41, 5.74) is -0.0752. The molecule has 3 atom stereocenters. The molecule has 10 nitrogen and oxygen atoms in total. The minimum atomic E-state index is -1.16. The van der Waals surface area contributed by atoms with Crippen LogP contribution in [-0.4, -0.2) is 72.6 Å². The largest absolute Gasteiger partial charge is 0.488 e. The number of β-lactam (4-membered cyclic amide) rings is 1. The highest BCUT2D eigenvalue weighted by atomic mass is 32.2. The zero-order chi connectivity index (χ0) is 15.4. The Kier molecular flexibility index (Phi) is 2.87. The molecule has 22 heavy (non-hydrogen) atoms. The molecule has 4 rings (SSSR count). The standard InChI is InChI=1S/C11H12N6O4S/c1-16-11(13-14-15-16)22-3-5-8(10(19)20)17-7-4(21-5)2-12-6(7)9(17)18/h4,6-7,12H,2-3H2,1H3,(H,19,20)/t4-,6+,7-/m1/s1. The number of aromatic nitrogens is 4. The van der Waals surface area contributed by atoms with Gasteiger partial charge in [-0.05, 0) is 10.4 Å². The number of amides is 1. The molecule has 11 heteroatoms. The average Bonchev–Trinajstić information content (AvgIpc) is 3.07. The molecule has 0 aromatic carbocycles. The number of carbonyl (C=O) groups excluding carboxylic acids is 1. The van der Waals surface area contributed by atoms with Gasteiger partial charge in [-0.15, -0.1) is 5.10 Å². The van der Waals surface area contributed by atoms with Crippen LogP contribution >= 0.6 is 11.8 Å². The summed E-state index contributed by atoms with van der Waals surface area (Å²) in [4.78, 5) is 25.0. The molecule has 2 N–H and O–H groups in total. The predicted molar refractivity (Wildman–Crippen MR) is 71.5 cm³/mol. The Morgan fingerprint density at radius 1 is 1.59 bits per heavy atom. The number of carboxylic acids is 1. The van der Waals surface area contributed by atoms with Gasteiger partial charge in [-0.1, -0.05) is 11.8 Å². The van der Waals surface area contributed by atoms with Crippen molar-refractivity contribution in [2.45, 2.75) is 23.3 Å². The second-order valence-electron chi connectivity index (χ2n) is 5.19. The molecule has 116 valence electrons. The Balaban J connectivity index is 1.63. The maximum atomic E-state index is 12.1. The molecule has 1 aromatic rings. The molecule has 0 aliphatic carbocycles. The number of aryl methyl sites for hydroxylation is 1. The summed E-state index contributed by atoms with van der Waals surface area (Å²) in [6.07, 6.45) is -0.209. The Bertz CT molecular complexity index is 703. The molecule has 0 unspecified atom stereocenters. The first kappa shape index (κ1) is 13.5. The quantitative estimate of drug-likeness (QED) is 0.487. The van der Waals surface area contributed by atoms with Crippen LogP contribution in [0.1, 0.15) is 0 Å². The van der Waals surface area contributed by atoms with E-state index in [1.165, 1.54) is 21.3 Å². The fourth-order valence-corrected chi connectivity index (χ4v) is 3.79. The Morgan fingerprint density at radius 2 is 2.41 bits per heavy atom. The summed E-state index contributed by atoms with van der Waals surface area (Å²) in [6.45, 7) is 0.532. The SMILES string of the molecule is Cn1nnnc1SCC1=C(C(=O)O)N2C(=O)[C@H]3NC[C@@H](O1)[C@H]32. The van der Waals surface area contributed by atoms with Crippen molar-refractivity contribution in [3.05, 3.63) is 11.5 Å². The Morgan fingerprint density at radius 3 is 3.09 bits per heavy atom. The second-order valence-corrected chi connectivity index (χ2v) is 6.13. The molecular formula is C11H12N6O4S. The van der Waals surface area contributed by atoms with Gasteiger partial charge in [0.15, 0.2) is 5.70 Å². The molecular weight excluding hydrogens is 312 g/mol. The van der Waals surface area contributed by atoms with E-state index in [9.17, 15) is 14.7 Å². The lowest BCUT2D eigenvalue weighted by Gasteiger charge is -2.48. The third-order valence-corrected chi connectivity index (χ3v) is 4.99. The average molecular weight is 324 g/mol. The van der Waals surface area contributed by atoms with Gasteiger partial charge in [0.25, 0.3) is 0 Å². The van der Waals surface area contributed by atoms with E-state index < -0.39 is 5.97 Å². The van der Waals surface area contributed by atoms with Gasteiger partial charge in [-0.25, -0.2) is 9.48 Å². The topological polar surface area (TPSA) is 122 Å². The van der Waals surface area contributed by atoms with E-state index >= 15 is 0 Å². The molecule has 3 aliphatic heterocycles. The summed E-state index contributed by atoms with van der Waals surface area (Å²) < 4.78 is 7.30. The molecule has 0 bridgehead atoms. The van der Waals surface area contributed by atoms with Gasteiger partial charge in [0.05, 0.1) is 11.8 Å². The number of nitrogens with one attached hydrogen (secondary N) is 1. The van der Waals surface area contributed by atoms with E-state index in [1.54, 1.807) is 7.05 Å². The van der Waals surface area contributed by atoms with Crippen LogP contribution in [0.5, 0.6) is 0 Å². The zero-order valence-corrected chi connectivity index (χ0v) is 12.3. The van der Waals surface area contributed by atoms with Crippen LogP contribution in [-0.2, 0) is 21.4 Å². The summed E-state index contributed by atoms with van der Waals surface area (Å²) >= 11 is 1.26. The van der Waals surface area contributed by atoms with E-state index in [1.807, 2.05) is 0 Å². The van der Waals surface area contributed by atoms with Gasteiger partial charge in [-0.2, -0.15) is 0 Å². The van der Waals surface area contributed by atoms with E-state index in [0.29, 0.717) is 11.7 Å². The van der Waals surface area contributed by atoms with Crippen LogP contribution in [0.2, 0.25) is 0 Å². The number of aliphatic carboxylic acids is 1. The molecule has 1 amide bonds. The van der Waals surface area contributed by atoms with Gasteiger partial charge >= 0.3 is 5.97 Å². The fraction of sp³-hybridized carbons (Fsp3) is 0.545. The number of carboxylic acid groups (broad SMARTS) is 1. The normalized spacial score (nSPS) is 29.2. The van der Waals surface area contributed by atoms with Crippen molar-refractivity contribution >= 4 is 23.6 Å². The maximum Gasteiger partial charge on any atom is 0.356 e. The van der Waals surface area contributed by atoms with Crippen molar-refractivity contribution in [3.8, 4) is 0 Å². The first-order valence-electron chi connectivity index (χ1n) is 6.62. The highest BCUT2D eigenvalue weighted by molar-refractivity contribution is 7.99. The summed E-state index contributed by atoms with van der Waals surface area (Å²) in [7, 11) is 1.69. The highest BCUT2D eigenvalue weighted by Crippen LogP contribution is 2.40. The minimum Gasteiger partial charge on any atom is -0.488 e. The molecule has 3 aliphatic rings. The van der Waals surface area contributed by atoms with Crippen molar-refractivity contribution in [1.82, 2.24) is 30.4 Å². The molecule has 2 saturated heterocycles. The molecule has 0 radical (unpaired) electrons. The number of thioether (sulfide) groups is 1. The monoisotopic (exact) mass is 324 g/mol. The number of hydrogen-bond acceptors (Lipinski definition) is 8. The molecule has 0 spiro atoms. The van der Waals surface area contributed by atoms with Crippen molar-refractivity contribution in [3.63, 3.8) is 0 Å². The number of hydrogen-bond donors (Lipinski definition) is 2. The Labute approximate surface area is 128 Å². The fourth-order valence-electron chi connectivity index (χ4n) is 3.00. The number of ether oxygens (including phenoxy) is 1. The lowest BCUT2D eigenvalue weighted by atomic mass is 9.92. The molecule has 0 saturated carbocycles. The van der Waals surface area contributed by atoms with Crippen molar-refractivity contribution < 1.29 is 19.4 Å². The Hall–Kier alpha value is -2.14. The lowest BCUT2D eigenvalue weighted by molar-refractivity contribution is -0.158. The smallest absolute Gasteiger partial charge is 0.356 e. The number of tetrazole rings is 1. The summed E-state index contributed by atoms with van der Waals surface area (Å²) in [5.74, 6) is -0.856. The van der Waals surface area contributed by atoms with Crippen molar-refractivity contribution in [2.24, 2.45) is 7.05 Å². The van der Waals surface area contributed by atoms with Gasteiger partial charge in [-0.3, -0.25) is 9.69 Å². The van der Waals surface area contributed by atoms with Crippen molar-refractivity contribution in [2.75, 3.05) is 12.3 Å². The van der Waals surface area contributed by atoms with Gasteiger partial charge < -0.3 is 15.2 Å². The third kappa shape index (κ3) is 1.75. The van der Waals surface area contributed by atoms with Crippen LogP contribution in [0.15, 0.2) is 16.6 Å². The highest BCUT2D eigenvalue weighted by Gasteiger charge is 2.61. The van der Waals surface area contributed by atoms with Crippen LogP contribution < -0.4 is 5.32 Å². The maximum absolute atomic E-state index is 12.1.